The number of rotatable bonds is 4. The van der Waals surface area contributed by atoms with Crippen molar-refractivity contribution >= 4 is 33.3 Å². The monoisotopic (exact) mass is 366 g/mol. The Kier molecular flexibility index (Phi) is 4.45. The van der Waals surface area contributed by atoms with Crippen molar-refractivity contribution in [1.29, 1.82) is 0 Å². The van der Waals surface area contributed by atoms with Gasteiger partial charge in [0, 0.05) is 16.2 Å². The third-order valence-electron chi connectivity index (χ3n) is 3.94. The van der Waals surface area contributed by atoms with Gasteiger partial charge in [-0.15, -0.1) is 0 Å². The smallest absolute Gasteiger partial charge is 0.170 e. The van der Waals surface area contributed by atoms with Crippen molar-refractivity contribution in [3.8, 4) is 0 Å². The maximum atomic E-state index is 12.3. The van der Waals surface area contributed by atoms with Crippen LogP contribution in [0.1, 0.15) is 47.8 Å². The van der Waals surface area contributed by atoms with E-state index >= 15 is 0 Å². The van der Waals surface area contributed by atoms with E-state index in [-0.39, 0.29) is 5.78 Å². The van der Waals surface area contributed by atoms with Gasteiger partial charge in [-0.2, -0.15) is 5.10 Å². The van der Waals surface area contributed by atoms with Crippen molar-refractivity contribution in [2.24, 2.45) is 0 Å². The summed E-state index contributed by atoms with van der Waals surface area (Å²) in [4.78, 5) is 12.3. The van der Waals surface area contributed by atoms with Gasteiger partial charge in [0.2, 0.25) is 0 Å². The first-order chi connectivity index (χ1) is 10.1. The highest BCUT2D eigenvalue weighted by atomic mass is 79.9. The van der Waals surface area contributed by atoms with Crippen molar-refractivity contribution in [1.82, 2.24) is 9.78 Å². The summed E-state index contributed by atoms with van der Waals surface area (Å²) in [5.41, 5.74) is 1.36. The minimum absolute atomic E-state index is 0.00386. The van der Waals surface area contributed by atoms with Crippen LogP contribution in [0.25, 0.3) is 0 Å². The molecule has 0 saturated heterocycles. The van der Waals surface area contributed by atoms with Crippen molar-refractivity contribution < 1.29 is 4.79 Å². The molecule has 0 bridgehead atoms. The normalized spacial score (nSPS) is 15.5. The van der Waals surface area contributed by atoms with Crippen LogP contribution in [0, 0.1) is 0 Å². The van der Waals surface area contributed by atoms with Gasteiger partial charge in [0.05, 0.1) is 23.2 Å². The summed E-state index contributed by atoms with van der Waals surface area (Å²) in [6.45, 7) is 0. The topological polar surface area (TPSA) is 34.9 Å². The molecule has 1 aromatic carbocycles. The van der Waals surface area contributed by atoms with E-state index in [0.717, 1.165) is 10.2 Å². The fourth-order valence-corrected chi connectivity index (χ4v) is 3.60. The van der Waals surface area contributed by atoms with Gasteiger partial charge in [-0.25, -0.2) is 0 Å². The Morgan fingerprint density at radius 2 is 2.10 bits per heavy atom. The number of aromatic nitrogens is 2. The Hall–Kier alpha value is -1.13. The number of ketones is 1. The number of benzene rings is 1. The van der Waals surface area contributed by atoms with Crippen LogP contribution in [0.15, 0.2) is 34.9 Å². The number of Topliss-reactive ketones (excluding diaryl/α,β-unsaturated/α-hetero) is 1. The van der Waals surface area contributed by atoms with Crippen molar-refractivity contribution in [2.45, 2.75) is 38.1 Å². The summed E-state index contributed by atoms with van der Waals surface area (Å²) in [6.07, 6.45) is 7.20. The van der Waals surface area contributed by atoms with Crippen LogP contribution in [0.5, 0.6) is 0 Å². The fraction of sp³-hybridized carbons (Fsp3) is 0.375. The summed E-state index contributed by atoms with van der Waals surface area (Å²) in [7, 11) is 0. The molecule has 0 radical (unpaired) electrons. The van der Waals surface area contributed by atoms with E-state index in [1.54, 1.807) is 12.1 Å². The van der Waals surface area contributed by atoms with Crippen LogP contribution in [0.4, 0.5) is 0 Å². The second kappa shape index (κ2) is 6.32. The van der Waals surface area contributed by atoms with E-state index in [9.17, 15) is 4.79 Å². The lowest BCUT2D eigenvalue weighted by Crippen LogP contribution is -2.08. The van der Waals surface area contributed by atoms with Crippen LogP contribution in [-0.4, -0.2) is 15.6 Å². The molecule has 0 atom stereocenters. The minimum Gasteiger partial charge on any atom is -0.294 e. The second-order valence-corrected chi connectivity index (χ2v) is 6.77. The summed E-state index contributed by atoms with van der Waals surface area (Å²) in [6, 6.07) is 7.76. The van der Waals surface area contributed by atoms with E-state index in [2.05, 4.69) is 21.0 Å². The zero-order valence-electron chi connectivity index (χ0n) is 11.6. The first-order valence-corrected chi connectivity index (χ1v) is 8.33. The Bertz CT molecular complexity index is 662. The van der Waals surface area contributed by atoms with Gasteiger partial charge in [0.25, 0.3) is 0 Å². The number of hydrogen-bond acceptors (Lipinski definition) is 2. The molecule has 0 amide bonds. The maximum Gasteiger partial charge on any atom is 0.170 e. The van der Waals surface area contributed by atoms with Crippen molar-refractivity contribution in [2.75, 3.05) is 0 Å². The molecule has 1 heterocycles. The van der Waals surface area contributed by atoms with E-state index in [0.29, 0.717) is 23.0 Å². The molecule has 0 N–H and O–H groups in total. The Morgan fingerprint density at radius 3 is 2.81 bits per heavy atom. The van der Waals surface area contributed by atoms with Gasteiger partial charge in [-0.1, -0.05) is 40.4 Å². The van der Waals surface area contributed by atoms with Crippen LogP contribution in [-0.2, 0) is 6.42 Å². The zero-order chi connectivity index (χ0) is 14.8. The van der Waals surface area contributed by atoms with Crippen LogP contribution >= 0.6 is 27.5 Å². The predicted molar refractivity (Wildman–Crippen MR) is 86.9 cm³/mol. The van der Waals surface area contributed by atoms with Crippen LogP contribution in [0.3, 0.4) is 0 Å². The average molecular weight is 368 g/mol. The van der Waals surface area contributed by atoms with Gasteiger partial charge >= 0.3 is 0 Å². The molecule has 3 nitrogen and oxygen atoms in total. The highest BCUT2D eigenvalue weighted by Crippen LogP contribution is 2.29. The standard InChI is InChI=1S/C16H16BrClN2O/c17-11-5-6-14(15(18)9-11)16(21)10-12-7-8-20(19-12)13-3-1-2-4-13/h5-9,13H,1-4,10H2. The molecule has 1 aromatic heterocycles. The lowest BCUT2D eigenvalue weighted by molar-refractivity contribution is 0.0992. The number of carbonyl (C=O) groups is 1. The maximum absolute atomic E-state index is 12.3. The van der Waals surface area contributed by atoms with E-state index < -0.39 is 0 Å². The molecule has 0 aliphatic heterocycles. The summed E-state index contributed by atoms with van der Waals surface area (Å²) in [5.74, 6) is 0.00386. The SMILES string of the molecule is O=C(Cc1ccn(C2CCCC2)n1)c1ccc(Br)cc1Cl. The zero-order valence-corrected chi connectivity index (χ0v) is 13.9. The molecule has 0 spiro atoms. The molecule has 2 aromatic rings. The Balaban J connectivity index is 1.72. The summed E-state index contributed by atoms with van der Waals surface area (Å²) >= 11 is 9.46. The largest absolute Gasteiger partial charge is 0.294 e. The van der Waals surface area contributed by atoms with Crippen LogP contribution < -0.4 is 0 Å². The highest BCUT2D eigenvalue weighted by Gasteiger charge is 2.18. The van der Waals surface area contributed by atoms with E-state index in [1.807, 2.05) is 23.0 Å². The van der Waals surface area contributed by atoms with Gasteiger partial charge in [-0.05, 0) is 37.1 Å². The summed E-state index contributed by atoms with van der Waals surface area (Å²) in [5, 5.41) is 5.02. The second-order valence-electron chi connectivity index (χ2n) is 5.45. The molecular formula is C16H16BrClN2O. The number of hydrogen-bond donors (Lipinski definition) is 0. The van der Waals surface area contributed by atoms with Crippen molar-refractivity contribution in [3.63, 3.8) is 0 Å². The first kappa shape index (κ1) is 14.8. The highest BCUT2D eigenvalue weighted by molar-refractivity contribution is 9.10. The fourth-order valence-electron chi connectivity index (χ4n) is 2.82. The molecule has 1 aliphatic carbocycles. The molecule has 3 rings (SSSR count). The number of halogens is 2. The predicted octanol–water partition coefficient (Wildman–Crippen LogP) is 4.84. The number of carbonyl (C=O) groups excluding carboxylic acids is 1. The van der Waals surface area contributed by atoms with Crippen molar-refractivity contribution in [3.05, 3.63) is 51.2 Å². The molecule has 1 fully saturated rings. The third kappa shape index (κ3) is 3.38. The number of nitrogens with zero attached hydrogens (tertiary/aromatic N) is 2. The molecule has 21 heavy (non-hydrogen) atoms. The third-order valence-corrected chi connectivity index (χ3v) is 4.74. The average Bonchev–Trinajstić information content (AvgIpc) is 3.08. The Morgan fingerprint density at radius 1 is 1.33 bits per heavy atom. The van der Waals surface area contributed by atoms with Gasteiger partial charge in [0.15, 0.2) is 5.78 Å². The molecule has 5 heteroatoms. The first-order valence-electron chi connectivity index (χ1n) is 7.16. The van der Waals surface area contributed by atoms with Crippen LogP contribution in [0.2, 0.25) is 5.02 Å². The Labute approximate surface area is 137 Å². The van der Waals surface area contributed by atoms with E-state index in [1.165, 1.54) is 25.7 Å². The summed E-state index contributed by atoms with van der Waals surface area (Å²) < 4.78 is 2.88. The molecule has 1 aliphatic rings. The lowest BCUT2D eigenvalue weighted by Gasteiger charge is -2.08. The van der Waals surface area contributed by atoms with E-state index in [4.69, 9.17) is 11.6 Å². The lowest BCUT2D eigenvalue weighted by atomic mass is 10.1. The quantitative estimate of drug-likeness (QED) is 0.725. The van der Waals surface area contributed by atoms with Gasteiger partial charge in [0.1, 0.15) is 0 Å². The minimum atomic E-state index is 0.00386. The molecule has 110 valence electrons. The molecule has 1 saturated carbocycles. The molecule has 0 unspecified atom stereocenters. The van der Waals surface area contributed by atoms with Gasteiger partial charge < -0.3 is 0 Å². The van der Waals surface area contributed by atoms with Gasteiger partial charge in [-0.3, -0.25) is 9.48 Å². The molecular weight excluding hydrogens is 352 g/mol.